The molecule has 0 heterocycles. The monoisotopic (exact) mass is 264 g/mol. The molecule has 2 rings (SSSR count). The molecule has 100 valence electrons. The van der Waals surface area contributed by atoms with E-state index in [2.05, 4.69) is 0 Å². The van der Waals surface area contributed by atoms with E-state index in [1.807, 2.05) is 0 Å². The molecule has 1 N–H and O–H groups in total. The highest BCUT2D eigenvalue weighted by molar-refractivity contribution is 5.30. The van der Waals surface area contributed by atoms with Crippen LogP contribution >= 0.6 is 0 Å². The van der Waals surface area contributed by atoms with Gasteiger partial charge in [-0.15, -0.1) is 0 Å². The van der Waals surface area contributed by atoms with E-state index < -0.39 is 17.7 Å². The Morgan fingerprint density at radius 3 is 2.63 bits per heavy atom. The minimum absolute atomic E-state index is 0.00930. The van der Waals surface area contributed by atoms with Crippen LogP contribution in [0.25, 0.3) is 0 Å². The molecule has 0 radical (unpaired) electrons. The first-order valence-electron chi connectivity index (χ1n) is 5.91. The van der Waals surface area contributed by atoms with Crippen LogP contribution in [0, 0.1) is 11.6 Å². The first-order valence-corrected chi connectivity index (χ1v) is 5.91. The van der Waals surface area contributed by atoms with Crippen LogP contribution < -0.4 is 4.74 Å². The quantitative estimate of drug-likeness (QED) is 0.914. The van der Waals surface area contributed by atoms with Crippen molar-refractivity contribution in [2.45, 2.75) is 19.6 Å². The van der Waals surface area contributed by atoms with Crippen molar-refractivity contribution in [2.24, 2.45) is 0 Å². The molecule has 19 heavy (non-hydrogen) atoms. The molecule has 4 heteroatoms. The summed E-state index contributed by atoms with van der Waals surface area (Å²) in [5, 5.41) is 9.45. The van der Waals surface area contributed by atoms with Crippen molar-refractivity contribution in [3.8, 4) is 5.75 Å². The molecular weight excluding hydrogens is 250 g/mol. The highest BCUT2D eigenvalue weighted by atomic mass is 19.1. The Hall–Kier alpha value is -1.94. The molecule has 0 aromatic heterocycles. The maximum Gasteiger partial charge on any atom is 0.132 e. The molecular formula is C15H14F2O2. The highest BCUT2D eigenvalue weighted by Gasteiger charge is 2.06. The van der Waals surface area contributed by atoms with E-state index in [9.17, 15) is 13.9 Å². The van der Waals surface area contributed by atoms with Crippen molar-refractivity contribution in [3.63, 3.8) is 0 Å². The van der Waals surface area contributed by atoms with Gasteiger partial charge in [0.2, 0.25) is 0 Å². The molecule has 2 aromatic rings. The minimum Gasteiger partial charge on any atom is -0.489 e. The van der Waals surface area contributed by atoms with E-state index >= 15 is 0 Å². The molecule has 0 saturated heterocycles. The summed E-state index contributed by atoms with van der Waals surface area (Å²) in [4.78, 5) is 0. The second-order valence-corrected chi connectivity index (χ2v) is 4.27. The summed E-state index contributed by atoms with van der Waals surface area (Å²) in [6.07, 6.45) is -0.592. The van der Waals surface area contributed by atoms with Crippen molar-refractivity contribution in [3.05, 3.63) is 65.2 Å². The summed E-state index contributed by atoms with van der Waals surface area (Å²) in [7, 11) is 0. The second-order valence-electron chi connectivity index (χ2n) is 4.27. The number of halogens is 2. The van der Waals surface area contributed by atoms with E-state index in [0.29, 0.717) is 5.75 Å². The zero-order valence-corrected chi connectivity index (χ0v) is 10.4. The van der Waals surface area contributed by atoms with Crippen molar-refractivity contribution >= 4 is 0 Å². The summed E-state index contributed by atoms with van der Waals surface area (Å²) in [6.45, 7) is 1.66. The predicted molar refractivity (Wildman–Crippen MR) is 67.8 cm³/mol. The van der Waals surface area contributed by atoms with Crippen molar-refractivity contribution in [1.82, 2.24) is 0 Å². The first kappa shape index (κ1) is 13.5. The Kier molecular flexibility index (Phi) is 4.12. The van der Waals surface area contributed by atoms with Gasteiger partial charge in [0.1, 0.15) is 24.0 Å². The fourth-order valence-electron chi connectivity index (χ4n) is 1.66. The lowest BCUT2D eigenvalue weighted by Crippen LogP contribution is -2.00. The SMILES string of the molecule is C[C@H](O)c1cccc(OCc2ccc(F)cc2F)c1. The standard InChI is InChI=1S/C15H14F2O2/c1-10(18)11-3-2-4-14(7-11)19-9-12-5-6-13(16)8-15(12)17/h2-8,10,18H,9H2,1H3/t10-/m0/s1. The van der Waals surface area contributed by atoms with Crippen LogP contribution in [-0.2, 0) is 6.61 Å². The molecule has 0 amide bonds. The molecule has 0 aliphatic carbocycles. The third-order valence-corrected chi connectivity index (χ3v) is 2.75. The minimum atomic E-state index is -0.633. The van der Waals surface area contributed by atoms with Gasteiger partial charge in [-0.3, -0.25) is 0 Å². The zero-order valence-electron chi connectivity index (χ0n) is 10.4. The maximum absolute atomic E-state index is 13.4. The van der Waals surface area contributed by atoms with Gasteiger partial charge >= 0.3 is 0 Å². The number of hydrogen-bond donors (Lipinski definition) is 1. The normalized spacial score (nSPS) is 12.2. The molecule has 0 spiro atoms. The first-order chi connectivity index (χ1) is 9.06. The zero-order chi connectivity index (χ0) is 13.8. The van der Waals surface area contributed by atoms with Gasteiger partial charge in [0.25, 0.3) is 0 Å². The largest absolute Gasteiger partial charge is 0.489 e. The Morgan fingerprint density at radius 2 is 1.95 bits per heavy atom. The Balaban J connectivity index is 2.08. The van der Waals surface area contributed by atoms with E-state index in [0.717, 1.165) is 11.6 Å². The van der Waals surface area contributed by atoms with Crippen molar-refractivity contribution in [1.29, 1.82) is 0 Å². The van der Waals surface area contributed by atoms with Crippen molar-refractivity contribution < 1.29 is 18.6 Å². The number of aliphatic hydroxyl groups excluding tert-OH is 1. The average molecular weight is 264 g/mol. The molecule has 0 fully saturated rings. The van der Waals surface area contributed by atoms with Gasteiger partial charge < -0.3 is 9.84 Å². The summed E-state index contributed by atoms with van der Waals surface area (Å²) in [5.74, 6) is -0.717. The van der Waals surface area contributed by atoms with Crippen LogP contribution in [-0.4, -0.2) is 5.11 Å². The molecule has 2 aromatic carbocycles. The number of ether oxygens (including phenoxy) is 1. The van der Waals surface area contributed by atoms with Gasteiger partial charge in [-0.1, -0.05) is 12.1 Å². The number of aliphatic hydroxyl groups is 1. The smallest absolute Gasteiger partial charge is 0.132 e. The van der Waals surface area contributed by atoms with Gasteiger partial charge in [-0.05, 0) is 36.8 Å². The van der Waals surface area contributed by atoms with Crippen LogP contribution in [0.5, 0.6) is 5.75 Å². The Labute approximate surface area is 110 Å². The Morgan fingerprint density at radius 1 is 1.16 bits per heavy atom. The lowest BCUT2D eigenvalue weighted by atomic mass is 10.1. The summed E-state index contributed by atoms with van der Waals surface area (Å²) >= 11 is 0. The maximum atomic E-state index is 13.4. The molecule has 0 aliphatic heterocycles. The predicted octanol–water partition coefficient (Wildman–Crippen LogP) is 3.60. The van der Waals surface area contributed by atoms with Crippen LogP contribution in [0.3, 0.4) is 0 Å². The van der Waals surface area contributed by atoms with Crippen molar-refractivity contribution in [2.75, 3.05) is 0 Å². The second kappa shape index (κ2) is 5.80. The average Bonchev–Trinajstić information content (AvgIpc) is 2.38. The van der Waals surface area contributed by atoms with Crippen LogP contribution in [0.4, 0.5) is 8.78 Å². The van der Waals surface area contributed by atoms with Gasteiger partial charge in [0, 0.05) is 11.6 Å². The summed E-state index contributed by atoms with van der Waals surface area (Å²) in [6, 6.07) is 10.3. The summed E-state index contributed by atoms with van der Waals surface area (Å²) in [5.41, 5.74) is 1.00. The topological polar surface area (TPSA) is 29.5 Å². The summed E-state index contributed by atoms with van der Waals surface area (Å²) < 4.78 is 31.6. The van der Waals surface area contributed by atoms with Gasteiger partial charge in [0.15, 0.2) is 0 Å². The third kappa shape index (κ3) is 3.51. The van der Waals surface area contributed by atoms with Crippen LogP contribution in [0.1, 0.15) is 24.2 Å². The van der Waals surface area contributed by atoms with Crippen LogP contribution in [0.15, 0.2) is 42.5 Å². The molecule has 2 nitrogen and oxygen atoms in total. The van der Waals surface area contributed by atoms with E-state index in [-0.39, 0.29) is 12.2 Å². The fourth-order valence-corrected chi connectivity index (χ4v) is 1.66. The molecule has 0 saturated carbocycles. The molecule has 0 bridgehead atoms. The molecule has 1 atom stereocenters. The van der Waals surface area contributed by atoms with Gasteiger partial charge in [0.05, 0.1) is 6.10 Å². The van der Waals surface area contributed by atoms with Gasteiger partial charge in [-0.25, -0.2) is 8.78 Å². The lowest BCUT2D eigenvalue weighted by molar-refractivity contribution is 0.198. The van der Waals surface area contributed by atoms with Crippen LogP contribution in [0.2, 0.25) is 0 Å². The molecule has 0 aliphatic rings. The third-order valence-electron chi connectivity index (χ3n) is 2.75. The molecule has 0 unspecified atom stereocenters. The number of hydrogen-bond acceptors (Lipinski definition) is 2. The number of benzene rings is 2. The van der Waals surface area contributed by atoms with E-state index in [4.69, 9.17) is 4.74 Å². The van der Waals surface area contributed by atoms with E-state index in [1.165, 1.54) is 12.1 Å². The van der Waals surface area contributed by atoms with E-state index in [1.54, 1.807) is 31.2 Å². The number of rotatable bonds is 4. The highest BCUT2D eigenvalue weighted by Crippen LogP contribution is 2.20. The Bertz CT molecular complexity index is 568. The fraction of sp³-hybridized carbons (Fsp3) is 0.200. The van der Waals surface area contributed by atoms with Gasteiger partial charge in [-0.2, -0.15) is 0 Å². The lowest BCUT2D eigenvalue weighted by Gasteiger charge is -2.10.